The molecule has 1 aliphatic rings. The zero-order valence-electron chi connectivity index (χ0n) is 8.67. The molecule has 1 nitrogen and oxygen atoms in total. The topological polar surface area (TPSA) is 3.24 Å². The molecule has 0 aromatic carbocycles. The Morgan fingerprint density at radius 3 is 2.50 bits per heavy atom. The lowest BCUT2D eigenvalue weighted by atomic mass is 10.2. The first-order valence-electron chi connectivity index (χ1n) is 4.92. The minimum Gasteiger partial charge on any atom is -0.302 e. The van der Waals surface area contributed by atoms with Gasteiger partial charge >= 0.3 is 0 Å². The Morgan fingerprint density at radius 1 is 1.67 bits per heavy atom. The zero-order chi connectivity index (χ0) is 9.35. The zero-order valence-corrected chi connectivity index (χ0v) is 9.56. The van der Waals surface area contributed by atoms with Gasteiger partial charge in [-0.1, -0.05) is 13.8 Å². The van der Waals surface area contributed by atoms with Gasteiger partial charge in [0.2, 0.25) is 0 Å². The van der Waals surface area contributed by atoms with Crippen molar-refractivity contribution in [3.63, 3.8) is 0 Å². The summed E-state index contributed by atoms with van der Waals surface area (Å²) in [5.74, 6) is 0.812. The van der Waals surface area contributed by atoms with E-state index in [1.54, 1.807) is 0 Å². The lowest BCUT2D eigenvalue weighted by Gasteiger charge is -2.26. The van der Waals surface area contributed by atoms with Gasteiger partial charge in [0.25, 0.3) is 0 Å². The first kappa shape index (κ1) is 10.4. The van der Waals surface area contributed by atoms with Crippen molar-refractivity contribution in [3.05, 3.63) is 0 Å². The van der Waals surface area contributed by atoms with Gasteiger partial charge in [0.15, 0.2) is 0 Å². The van der Waals surface area contributed by atoms with Gasteiger partial charge in [-0.3, -0.25) is 0 Å². The molecule has 0 aromatic rings. The predicted molar refractivity (Wildman–Crippen MR) is 57.9 cm³/mol. The summed E-state index contributed by atoms with van der Waals surface area (Å²) in [4.78, 5) is 2.43. The van der Waals surface area contributed by atoms with E-state index in [0.717, 1.165) is 12.5 Å². The highest BCUT2D eigenvalue weighted by Gasteiger charge is 2.48. The third-order valence-corrected chi connectivity index (χ3v) is 4.05. The van der Waals surface area contributed by atoms with E-state index < -0.39 is 0 Å². The van der Waals surface area contributed by atoms with Gasteiger partial charge in [0.1, 0.15) is 0 Å². The molecule has 1 saturated carbocycles. The molecule has 0 amide bonds. The molecule has 1 aliphatic carbocycles. The third-order valence-electron chi connectivity index (χ3n) is 3.28. The Bertz CT molecular complexity index is 160. The van der Waals surface area contributed by atoms with Crippen LogP contribution in [-0.2, 0) is 0 Å². The molecule has 2 heteroatoms. The monoisotopic (exact) mass is 187 g/mol. The molecule has 0 spiro atoms. The molecule has 0 heterocycles. The fourth-order valence-corrected chi connectivity index (χ4v) is 2.09. The molecular formula is C10H21NS. The van der Waals surface area contributed by atoms with Crippen LogP contribution < -0.4 is 0 Å². The van der Waals surface area contributed by atoms with Crippen LogP contribution in [0.5, 0.6) is 0 Å². The SMILES string of the molecule is CCC(C)N(C)CC1(S)CC1C. The Labute approximate surface area is 81.9 Å². The highest BCUT2D eigenvalue weighted by Crippen LogP contribution is 2.49. The van der Waals surface area contributed by atoms with Crippen molar-refractivity contribution in [2.45, 2.75) is 44.4 Å². The van der Waals surface area contributed by atoms with Crippen molar-refractivity contribution in [1.82, 2.24) is 4.90 Å². The minimum atomic E-state index is 0.332. The second-order valence-electron chi connectivity index (χ2n) is 4.38. The maximum absolute atomic E-state index is 4.69. The second kappa shape index (κ2) is 3.59. The molecule has 0 radical (unpaired) electrons. The fourth-order valence-electron chi connectivity index (χ4n) is 1.59. The van der Waals surface area contributed by atoms with Gasteiger partial charge in [0, 0.05) is 17.3 Å². The van der Waals surface area contributed by atoms with E-state index in [9.17, 15) is 0 Å². The van der Waals surface area contributed by atoms with Crippen LogP contribution in [0.25, 0.3) is 0 Å². The van der Waals surface area contributed by atoms with Crippen molar-refractivity contribution in [3.8, 4) is 0 Å². The molecule has 1 fully saturated rings. The Hall–Kier alpha value is 0.310. The van der Waals surface area contributed by atoms with Crippen LogP contribution >= 0.6 is 12.6 Å². The van der Waals surface area contributed by atoms with Gasteiger partial charge in [-0.05, 0) is 32.7 Å². The normalized spacial score (nSPS) is 37.0. The summed E-state index contributed by atoms with van der Waals surface area (Å²) in [5.41, 5.74) is 0. The number of thiol groups is 1. The molecule has 0 saturated heterocycles. The molecule has 0 aliphatic heterocycles. The number of hydrogen-bond acceptors (Lipinski definition) is 2. The van der Waals surface area contributed by atoms with Gasteiger partial charge in [0.05, 0.1) is 0 Å². The highest BCUT2D eigenvalue weighted by molar-refractivity contribution is 7.82. The third kappa shape index (κ3) is 2.17. The molecule has 3 atom stereocenters. The van der Waals surface area contributed by atoms with Crippen molar-refractivity contribution in [2.24, 2.45) is 5.92 Å². The number of nitrogens with zero attached hydrogens (tertiary/aromatic N) is 1. The molecule has 0 N–H and O–H groups in total. The molecule has 3 unspecified atom stereocenters. The van der Waals surface area contributed by atoms with Crippen LogP contribution in [0.15, 0.2) is 0 Å². The van der Waals surface area contributed by atoms with Crippen molar-refractivity contribution in [1.29, 1.82) is 0 Å². The van der Waals surface area contributed by atoms with E-state index in [1.807, 2.05) is 0 Å². The summed E-state index contributed by atoms with van der Waals surface area (Å²) in [7, 11) is 2.21. The lowest BCUT2D eigenvalue weighted by molar-refractivity contribution is 0.247. The minimum absolute atomic E-state index is 0.332. The maximum Gasteiger partial charge on any atom is 0.0285 e. The maximum atomic E-state index is 4.69. The molecule has 1 rings (SSSR count). The summed E-state index contributed by atoms with van der Waals surface area (Å²) in [6.07, 6.45) is 2.52. The second-order valence-corrected chi connectivity index (χ2v) is 5.27. The van der Waals surface area contributed by atoms with E-state index in [0.29, 0.717) is 10.8 Å². The van der Waals surface area contributed by atoms with E-state index in [-0.39, 0.29) is 0 Å². The van der Waals surface area contributed by atoms with Gasteiger partial charge < -0.3 is 4.90 Å². The molecule has 0 aromatic heterocycles. The quantitative estimate of drug-likeness (QED) is 0.662. The van der Waals surface area contributed by atoms with Crippen LogP contribution in [0.1, 0.15) is 33.6 Å². The number of rotatable bonds is 4. The molecule has 72 valence electrons. The van der Waals surface area contributed by atoms with Gasteiger partial charge in [-0.2, -0.15) is 12.6 Å². The Kier molecular flexibility index (Phi) is 3.11. The summed E-state index contributed by atoms with van der Waals surface area (Å²) in [6, 6.07) is 0.696. The lowest BCUT2D eigenvalue weighted by Crippen LogP contribution is -2.35. The number of hydrogen-bond donors (Lipinski definition) is 1. The largest absolute Gasteiger partial charge is 0.302 e. The van der Waals surface area contributed by atoms with E-state index in [1.165, 1.54) is 12.8 Å². The fraction of sp³-hybridized carbons (Fsp3) is 1.00. The molecular weight excluding hydrogens is 166 g/mol. The average Bonchev–Trinajstić information content (AvgIpc) is 2.57. The molecule has 0 bridgehead atoms. The summed E-state index contributed by atoms with van der Waals surface area (Å²) >= 11 is 4.69. The van der Waals surface area contributed by atoms with E-state index in [4.69, 9.17) is 12.6 Å². The standard InChI is InChI=1S/C10H21NS/c1-5-9(3)11(4)7-10(12)6-8(10)2/h8-9,12H,5-7H2,1-4H3. The van der Waals surface area contributed by atoms with Crippen LogP contribution in [0.2, 0.25) is 0 Å². The Balaban J connectivity index is 2.31. The summed E-state index contributed by atoms with van der Waals surface area (Å²) < 4.78 is 0.332. The van der Waals surface area contributed by atoms with E-state index in [2.05, 4.69) is 32.7 Å². The van der Waals surface area contributed by atoms with Crippen LogP contribution in [0, 0.1) is 5.92 Å². The summed E-state index contributed by atoms with van der Waals surface area (Å²) in [5, 5.41) is 0. The highest BCUT2D eigenvalue weighted by atomic mass is 32.1. The van der Waals surface area contributed by atoms with Crippen LogP contribution in [0.3, 0.4) is 0 Å². The van der Waals surface area contributed by atoms with E-state index >= 15 is 0 Å². The average molecular weight is 187 g/mol. The van der Waals surface area contributed by atoms with Crippen molar-refractivity contribution < 1.29 is 0 Å². The van der Waals surface area contributed by atoms with Crippen molar-refractivity contribution in [2.75, 3.05) is 13.6 Å². The van der Waals surface area contributed by atoms with Crippen LogP contribution in [0.4, 0.5) is 0 Å². The van der Waals surface area contributed by atoms with Crippen molar-refractivity contribution >= 4 is 12.6 Å². The molecule has 12 heavy (non-hydrogen) atoms. The predicted octanol–water partition coefficient (Wildman–Crippen LogP) is 2.43. The van der Waals surface area contributed by atoms with Crippen LogP contribution in [-0.4, -0.2) is 29.3 Å². The Morgan fingerprint density at radius 2 is 2.17 bits per heavy atom. The summed E-state index contributed by atoms with van der Waals surface area (Å²) in [6.45, 7) is 7.95. The first-order valence-corrected chi connectivity index (χ1v) is 5.37. The van der Waals surface area contributed by atoms with Gasteiger partial charge in [-0.25, -0.2) is 0 Å². The first-order chi connectivity index (χ1) is 5.49. The van der Waals surface area contributed by atoms with Gasteiger partial charge in [-0.15, -0.1) is 0 Å². The smallest absolute Gasteiger partial charge is 0.0285 e.